The highest BCUT2D eigenvalue weighted by atomic mass is 79.9. The van der Waals surface area contributed by atoms with Crippen molar-refractivity contribution in [1.82, 2.24) is 0 Å². The summed E-state index contributed by atoms with van der Waals surface area (Å²) < 4.78 is 5.71. The van der Waals surface area contributed by atoms with Crippen LogP contribution < -0.4 is 4.90 Å². The van der Waals surface area contributed by atoms with E-state index < -0.39 is 11.4 Å². The molecule has 0 aromatic carbocycles. The van der Waals surface area contributed by atoms with Gasteiger partial charge in [-0.25, -0.2) is 0 Å². The van der Waals surface area contributed by atoms with Gasteiger partial charge in [0.15, 0.2) is 0 Å². The van der Waals surface area contributed by atoms with Crippen LogP contribution in [0.25, 0.3) is 0 Å². The molecule has 1 amide bonds. The quantitative estimate of drug-likeness (QED) is 0.632. The van der Waals surface area contributed by atoms with Crippen LogP contribution >= 0.6 is 27.3 Å². The number of anilines is 1. The number of hydrogen-bond donors (Lipinski definition) is 0. The normalized spacial score (nSPS) is 16.8. The van der Waals surface area contributed by atoms with Gasteiger partial charge in [-0.2, -0.15) is 0 Å². The molecule has 0 N–H and O–H groups in total. The van der Waals surface area contributed by atoms with E-state index in [-0.39, 0.29) is 5.91 Å². The molecule has 0 aliphatic heterocycles. The number of rotatable bonds is 3. The molecule has 1 aliphatic rings. The summed E-state index contributed by atoms with van der Waals surface area (Å²) in [5, 5.41) is 2.73. The number of methoxy groups -OCH3 is 1. The van der Waals surface area contributed by atoms with Gasteiger partial charge in [-0.15, -0.1) is 11.3 Å². The molecule has 0 bridgehead atoms. The van der Waals surface area contributed by atoms with Crippen molar-refractivity contribution < 1.29 is 14.3 Å². The van der Waals surface area contributed by atoms with Crippen molar-refractivity contribution in [2.24, 2.45) is 5.41 Å². The van der Waals surface area contributed by atoms with Gasteiger partial charge in [0.05, 0.1) is 12.1 Å². The summed E-state index contributed by atoms with van der Waals surface area (Å²) in [6.45, 7) is 0. The summed E-state index contributed by atoms with van der Waals surface area (Å²) in [6, 6.07) is 1.87. The maximum absolute atomic E-state index is 12.5. The van der Waals surface area contributed by atoms with E-state index in [4.69, 9.17) is 4.74 Å². The van der Waals surface area contributed by atoms with Crippen LogP contribution in [-0.4, -0.2) is 26.0 Å². The number of ether oxygens (including phenoxy) is 1. The predicted molar refractivity (Wildman–Crippen MR) is 73.7 cm³/mol. The highest BCUT2D eigenvalue weighted by Gasteiger charge is 2.53. The van der Waals surface area contributed by atoms with Gasteiger partial charge in [-0.1, -0.05) is 6.42 Å². The monoisotopic (exact) mass is 331 g/mol. The fourth-order valence-corrected chi connectivity index (χ4v) is 3.52. The zero-order chi connectivity index (χ0) is 13.3. The second-order valence-corrected chi connectivity index (χ2v) is 6.20. The molecule has 6 heteroatoms. The number of carbonyl (C=O) groups excluding carboxylic acids is 2. The standard InChI is InChI=1S/C12H14BrNO3S/c1-14(9-6-8(13)7-18-9)10(15)12(4-3-5-12)11(16)17-2/h6-7H,3-5H2,1-2H3. The summed E-state index contributed by atoms with van der Waals surface area (Å²) in [4.78, 5) is 25.8. The summed E-state index contributed by atoms with van der Waals surface area (Å²) in [5.74, 6) is -0.587. The predicted octanol–water partition coefficient (Wildman–Crippen LogP) is 2.82. The minimum absolute atomic E-state index is 0.171. The minimum Gasteiger partial charge on any atom is -0.468 e. The van der Waals surface area contributed by atoms with Crippen LogP contribution in [0.2, 0.25) is 0 Å². The number of halogens is 1. The summed E-state index contributed by atoms with van der Waals surface area (Å²) in [5.41, 5.74) is -0.958. The van der Waals surface area contributed by atoms with Crippen molar-refractivity contribution in [3.8, 4) is 0 Å². The lowest BCUT2D eigenvalue weighted by atomic mass is 9.68. The van der Waals surface area contributed by atoms with Crippen LogP contribution in [0, 0.1) is 5.41 Å². The van der Waals surface area contributed by atoms with Crippen molar-refractivity contribution in [2.75, 3.05) is 19.1 Å². The number of carbonyl (C=O) groups is 2. The number of esters is 1. The van der Waals surface area contributed by atoms with Gasteiger partial charge in [0.25, 0.3) is 0 Å². The Morgan fingerprint density at radius 1 is 1.50 bits per heavy atom. The van der Waals surface area contributed by atoms with E-state index in [0.29, 0.717) is 12.8 Å². The largest absolute Gasteiger partial charge is 0.468 e. The van der Waals surface area contributed by atoms with Crippen LogP contribution in [0.1, 0.15) is 19.3 Å². The minimum atomic E-state index is -0.958. The van der Waals surface area contributed by atoms with Gasteiger partial charge < -0.3 is 9.64 Å². The molecule has 1 aromatic rings. The third-order valence-corrected chi connectivity index (χ3v) is 5.15. The zero-order valence-corrected chi connectivity index (χ0v) is 12.6. The van der Waals surface area contributed by atoms with Gasteiger partial charge in [0, 0.05) is 16.9 Å². The van der Waals surface area contributed by atoms with Crippen LogP contribution in [-0.2, 0) is 14.3 Å². The van der Waals surface area contributed by atoms with Crippen LogP contribution in [0.3, 0.4) is 0 Å². The fraction of sp³-hybridized carbons (Fsp3) is 0.500. The van der Waals surface area contributed by atoms with Crippen LogP contribution in [0.15, 0.2) is 15.9 Å². The first kappa shape index (κ1) is 13.5. The Balaban J connectivity index is 2.22. The smallest absolute Gasteiger partial charge is 0.321 e. The Kier molecular flexibility index (Phi) is 3.77. The molecule has 1 saturated carbocycles. The average Bonchev–Trinajstić information content (AvgIpc) is 2.72. The molecule has 1 aliphatic carbocycles. The lowest BCUT2D eigenvalue weighted by molar-refractivity contribution is -0.163. The first-order chi connectivity index (χ1) is 8.51. The molecule has 4 nitrogen and oxygen atoms in total. The molecule has 0 saturated heterocycles. The Morgan fingerprint density at radius 2 is 2.17 bits per heavy atom. The highest BCUT2D eigenvalue weighted by molar-refractivity contribution is 9.10. The average molecular weight is 332 g/mol. The molecule has 0 unspecified atom stereocenters. The van der Waals surface area contributed by atoms with Crippen molar-refractivity contribution in [3.63, 3.8) is 0 Å². The second-order valence-electron chi connectivity index (χ2n) is 4.39. The van der Waals surface area contributed by atoms with E-state index in [1.54, 1.807) is 11.9 Å². The van der Waals surface area contributed by atoms with Crippen molar-refractivity contribution in [3.05, 3.63) is 15.9 Å². The Bertz CT molecular complexity index is 481. The van der Waals surface area contributed by atoms with Crippen molar-refractivity contribution >= 4 is 44.1 Å². The van der Waals surface area contributed by atoms with Crippen molar-refractivity contribution in [2.45, 2.75) is 19.3 Å². The van der Waals surface area contributed by atoms with Gasteiger partial charge in [0.2, 0.25) is 5.91 Å². The Labute approximate surface area is 118 Å². The summed E-state index contributed by atoms with van der Waals surface area (Å²) >= 11 is 4.82. The van der Waals surface area contributed by atoms with Crippen LogP contribution in [0.5, 0.6) is 0 Å². The molecule has 18 heavy (non-hydrogen) atoms. The summed E-state index contributed by atoms with van der Waals surface area (Å²) in [6.07, 6.45) is 2.05. The van der Waals surface area contributed by atoms with Gasteiger partial charge in [0.1, 0.15) is 5.41 Å². The third-order valence-electron chi connectivity index (χ3n) is 3.38. The Hall–Kier alpha value is -0.880. The molecule has 0 radical (unpaired) electrons. The van der Waals surface area contributed by atoms with Crippen LogP contribution in [0.4, 0.5) is 5.00 Å². The molecule has 0 atom stereocenters. The van der Waals surface area contributed by atoms with Gasteiger partial charge in [-0.3, -0.25) is 9.59 Å². The van der Waals surface area contributed by atoms with E-state index in [0.717, 1.165) is 15.9 Å². The van der Waals surface area contributed by atoms with E-state index in [1.165, 1.54) is 18.4 Å². The zero-order valence-electron chi connectivity index (χ0n) is 10.2. The summed E-state index contributed by atoms with van der Waals surface area (Å²) in [7, 11) is 3.03. The second kappa shape index (κ2) is 5.01. The molecule has 1 aromatic heterocycles. The maximum atomic E-state index is 12.5. The van der Waals surface area contributed by atoms with Crippen molar-refractivity contribution in [1.29, 1.82) is 0 Å². The van der Waals surface area contributed by atoms with E-state index >= 15 is 0 Å². The van der Waals surface area contributed by atoms with Gasteiger partial charge >= 0.3 is 5.97 Å². The molecule has 1 heterocycles. The molecular weight excluding hydrogens is 318 g/mol. The number of amides is 1. The molecule has 1 fully saturated rings. The third kappa shape index (κ3) is 2.07. The first-order valence-electron chi connectivity index (χ1n) is 5.62. The lowest BCUT2D eigenvalue weighted by Gasteiger charge is -2.39. The number of hydrogen-bond acceptors (Lipinski definition) is 4. The van der Waals surface area contributed by atoms with Gasteiger partial charge in [-0.05, 0) is 34.8 Å². The topological polar surface area (TPSA) is 46.6 Å². The molecular formula is C12H14BrNO3S. The van der Waals surface area contributed by atoms with E-state index in [2.05, 4.69) is 15.9 Å². The molecule has 2 rings (SSSR count). The Morgan fingerprint density at radius 3 is 2.56 bits per heavy atom. The SMILES string of the molecule is COC(=O)C1(C(=O)N(C)c2cc(Br)cs2)CCC1. The van der Waals surface area contributed by atoms with E-state index in [9.17, 15) is 9.59 Å². The lowest BCUT2D eigenvalue weighted by Crippen LogP contribution is -2.52. The number of nitrogens with zero attached hydrogens (tertiary/aromatic N) is 1. The number of thiophene rings is 1. The first-order valence-corrected chi connectivity index (χ1v) is 7.29. The fourth-order valence-electron chi connectivity index (χ4n) is 2.13. The van der Waals surface area contributed by atoms with E-state index in [1.807, 2.05) is 11.4 Å². The molecule has 98 valence electrons. The maximum Gasteiger partial charge on any atom is 0.321 e. The highest BCUT2D eigenvalue weighted by Crippen LogP contribution is 2.44. The molecule has 0 spiro atoms.